The average molecular weight is 414 g/mol. The molecule has 30 heavy (non-hydrogen) atoms. The second-order valence-corrected chi connectivity index (χ2v) is 6.95. The number of ether oxygens (including phenoxy) is 1. The van der Waals surface area contributed by atoms with Gasteiger partial charge in [0.1, 0.15) is 5.75 Å². The van der Waals surface area contributed by atoms with Crippen molar-refractivity contribution in [1.29, 1.82) is 0 Å². The van der Waals surface area contributed by atoms with E-state index >= 15 is 0 Å². The topological polar surface area (TPSA) is 128 Å². The van der Waals surface area contributed by atoms with Crippen LogP contribution in [0.25, 0.3) is 0 Å². The van der Waals surface area contributed by atoms with Gasteiger partial charge < -0.3 is 15.0 Å². The summed E-state index contributed by atoms with van der Waals surface area (Å²) in [6.07, 6.45) is 1.50. The minimum atomic E-state index is -0.545. The normalized spacial score (nSPS) is 13.8. The molecule has 0 spiro atoms. The Morgan fingerprint density at radius 1 is 1.03 bits per heavy atom. The second-order valence-electron chi connectivity index (χ2n) is 6.95. The molecule has 0 aliphatic carbocycles. The summed E-state index contributed by atoms with van der Waals surface area (Å²) in [7, 11) is 1.36. The fourth-order valence-electron chi connectivity index (χ4n) is 3.50. The zero-order valence-electron chi connectivity index (χ0n) is 16.5. The van der Waals surface area contributed by atoms with Crippen LogP contribution in [0.4, 0.5) is 11.4 Å². The molecule has 0 saturated carbocycles. The summed E-state index contributed by atoms with van der Waals surface area (Å²) < 4.78 is 5.11. The number of hydrogen-bond donors (Lipinski definition) is 1. The summed E-state index contributed by atoms with van der Waals surface area (Å²) in [5.41, 5.74) is 2.30. The van der Waals surface area contributed by atoms with Gasteiger partial charge in [0.05, 0.1) is 28.6 Å². The largest absolute Gasteiger partial charge is 0.496 e. The summed E-state index contributed by atoms with van der Waals surface area (Å²) in [4.78, 5) is 35.6. The minimum absolute atomic E-state index is 0.103. The van der Waals surface area contributed by atoms with Crippen LogP contribution in [0, 0.1) is 20.2 Å². The SMILES string of the molecule is COc1cc([N+](=O)[O-])ccc1C(=O)NCCN1CCc2ccc([N+](=O)[O-])cc2CC1. The summed E-state index contributed by atoms with van der Waals surface area (Å²) >= 11 is 0. The van der Waals surface area contributed by atoms with Gasteiger partial charge in [0.25, 0.3) is 17.3 Å². The average Bonchev–Trinajstić information content (AvgIpc) is 2.95. The number of carbonyl (C=O) groups is 1. The molecule has 10 nitrogen and oxygen atoms in total. The lowest BCUT2D eigenvalue weighted by atomic mass is 10.0. The molecule has 0 radical (unpaired) electrons. The molecule has 0 saturated heterocycles. The third-order valence-electron chi connectivity index (χ3n) is 5.15. The van der Waals surface area contributed by atoms with E-state index < -0.39 is 4.92 Å². The smallest absolute Gasteiger partial charge is 0.273 e. The van der Waals surface area contributed by atoms with Gasteiger partial charge in [-0.25, -0.2) is 0 Å². The summed E-state index contributed by atoms with van der Waals surface area (Å²) in [5.74, 6) is -0.219. The maximum Gasteiger partial charge on any atom is 0.273 e. The van der Waals surface area contributed by atoms with E-state index in [1.54, 1.807) is 6.07 Å². The molecule has 3 rings (SSSR count). The van der Waals surface area contributed by atoms with E-state index in [9.17, 15) is 25.0 Å². The van der Waals surface area contributed by atoms with Crippen molar-refractivity contribution >= 4 is 17.3 Å². The molecular weight excluding hydrogens is 392 g/mol. The number of fused-ring (bicyclic) bond motifs is 1. The zero-order valence-corrected chi connectivity index (χ0v) is 16.5. The van der Waals surface area contributed by atoms with Crippen molar-refractivity contribution in [3.05, 3.63) is 73.3 Å². The molecular formula is C20H22N4O6. The van der Waals surface area contributed by atoms with E-state index in [0.29, 0.717) is 19.5 Å². The van der Waals surface area contributed by atoms with Gasteiger partial charge in [0.2, 0.25) is 0 Å². The highest BCUT2D eigenvalue weighted by Crippen LogP contribution is 2.24. The molecule has 0 atom stereocenters. The lowest BCUT2D eigenvalue weighted by molar-refractivity contribution is -0.385. The fraction of sp³-hybridized carbons (Fsp3) is 0.350. The molecule has 2 aromatic rings. The maximum atomic E-state index is 12.5. The number of amides is 1. The van der Waals surface area contributed by atoms with Crippen molar-refractivity contribution in [3.63, 3.8) is 0 Å². The van der Waals surface area contributed by atoms with Gasteiger partial charge in [-0.1, -0.05) is 6.07 Å². The van der Waals surface area contributed by atoms with Crippen molar-refractivity contribution in [2.75, 3.05) is 33.3 Å². The summed E-state index contributed by atoms with van der Waals surface area (Å²) in [5, 5.41) is 24.7. The van der Waals surface area contributed by atoms with Crippen LogP contribution in [0.5, 0.6) is 5.75 Å². The first-order chi connectivity index (χ1) is 14.4. The van der Waals surface area contributed by atoms with E-state index in [4.69, 9.17) is 4.74 Å². The van der Waals surface area contributed by atoms with Gasteiger partial charge in [0.15, 0.2) is 0 Å². The van der Waals surface area contributed by atoms with Gasteiger partial charge in [-0.2, -0.15) is 0 Å². The second kappa shape index (κ2) is 9.31. The maximum absolute atomic E-state index is 12.5. The molecule has 10 heteroatoms. The molecule has 158 valence electrons. The Morgan fingerprint density at radius 2 is 1.67 bits per heavy atom. The van der Waals surface area contributed by atoms with Crippen LogP contribution in [-0.4, -0.2) is 53.9 Å². The molecule has 0 bridgehead atoms. The van der Waals surface area contributed by atoms with E-state index in [1.165, 1.54) is 31.4 Å². The van der Waals surface area contributed by atoms with Gasteiger partial charge in [0, 0.05) is 44.4 Å². The third-order valence-corrected chi connectivity index (χ3v) is 5.15. The predicted octanol–water partition coefficient (Wildman–Crippen LogP) is 2.34. The van der Waals surface area contributed by atoms with Crippen LogP contribution < -0.4 is 10.1 Å². The van der Waals surface area contributed by atoms with Crippen molar-refractivity contribution in [3.8, 4) is 5.75 Å². The third kappa shape index (κ3) is 4.90. The van der Waals surface area contributed by atoms with E-state index in [2.05, 4.69) is 10.2 Å². The highest BCUT2D eigenvalue weighted by atomic mass is 16.6. The minimum Gasteiger partial charge on any atom is -0.496 e. The fourth-order valence-corrected chi connectivity index (χ4v) is 3.50. The number of nitro benzene ring substituents is 2. The highest BCUT2D eigenvalue weighted by molar-refractivity contribution is 5.97. The van der Waals surface area contributed by atoms with Crippen molar-refractivity contribution < 1.29 is 19.4 Å². The Bertz CT molecular complexity index is 978. The molecule has 0 fully saturated rings. The number of non-ortho nitro benzene ring substituents is 2. The van der Waals surface area contributed by atoms with Crippen LogP contribution in [-0.2, 0) is 12.8 Å². The number of nitrogens with zero attached hydrogens (tertiary/aromatic N) is 3. The summed E-state index contributed by atoms with van der Waals surface area (Å²) in [6.45, 7) is 2.55. The summed E-state index contributed by atoms with van der Waals surface area (Å²) in [6, 6.07) is 8.86. The molecule has 0 aromatic heterocycles. The Hall–Kier alpha value is -3.53. The number of nitrogens with one attached hydrogen (secondary N) is 1. The van der Waals surface area contributed by atoms with Crippen LogP contribution in [0.3, 0.4) is 0 Å². The highest BCUT2D eigenvalue weighted by Gasteiger charge is 2.19. The first-order valence-electron chi connectivity index (χ1n) is 9.48. The quantitative estimate of drug-likeness (QED) is 0.544. The zero-order chi connectivity index (χ0) is 21.7. The number of methoxy groups -OCH3 is 1. The van der Waals surface area contributed by atoms with E-state index in [0.717, 1.165) is 30.6 Å². The first kappa shape index (κ1) is 21.2. The van der Waals surface area contributed by atoms with E-state index in [-0.39, 0.29) is 33.5 Å². The standard InChI is InChI=1S/C20H22N4O6/c1-30-19-13-17(24(28)29)4-5-18(19)20(25)21-8-11-22-9-6-14-2-3-16(23(26)27)12-15(14)7-10-22/h2-5,12-13H,6-11H2,1H3,(H,21,25). The Kier molecular flexibility index (Phi) is 6.58. The Morgan fingerprint density at radius 3 is 2.33 bits per heavy atom. The first-order valence-corrected chi connectivity index (χ1v) is 9.48. The van der Waals surface area contributed by atoms with Crippen LogP contribution in [0.15, 0.2) is 36.4 Å². The molecule has 2 aromatic carbocycles. The molecule has 1 aliphatic rings. The molecule has 1 N–H and O–H groups in total. The van der Waals surface area contributed by atoms with Crippen molar-refractivity contribution in [2.45, 2.75) is 12.8 Å². The lowest BCUT2D eigenvalue weighted by Gasteiger charge is -2.20. The van der Waals surface area contributed by atoms with Gasteiger partial charge in [-0.3, -0.25) is 25.0 Å². The lowest BCUT2D eigenvalue weighted by Crippen LogP contribution is -2.36. The molecule has 1 heterocycles. The number of hydrogen-bond acceptors (Lipinski definition) is 7. The van der Waals surface area contributed by atoms with Crippen LogP contribution in [0.2, 0.25) is 0 Å². The Balaban J connectivity index is 1.55. The van der Waals surface area contributed by atoms with E-state index in [1.807, 2.05) is 6.07 Å². The van der Waals surface area contributed by atoms with Gasteiger partial charge in [-0.05, 0) is 30.0 Å². The number of benzene rings is 2. The predicted molar refractivity (Wildman–Crippen MR) is 109 cm³/mol. The van der Waals surface area contributed by atoms with Gasteiger partial charge in [-0.15, -0.1) is 0 Å². The number of carbonyl (C=O) groups excluding carboxylic acids is 1. The molecule has 1 aliphatic heterocycles. The van der Waals surface area contributed by atoms with Crippen LogP contribution in [0.1, 0.15) is 21.5 Å². The van der Waals surface area contributed by atoms with Crippen molar-refractivity contribution in [1.82, 2.24) is 10.2 Å². The monoisotopic (exact) mass is 414 g/mol. The number of nitro groups is 2. The molecule has 0 unspecified atom stereocenters. The Labute approximate surface area is 172 Å². The van der Waals surface area contributed by atoms with Crippen LogP contribution >= 0.6 is 0 Å². The molecule has 1 amide bonds. The van der Waals surface area contributed by atoms with Gasteiger partial charge >= 0.3 is 0 Å². The number of rotatable bonds is 7. The van der Waals surface area contributed by atoms with Crippen molar-refractivity contribution in [2.24, 2.45) is 0 Å².